The van der Waals surface area contributed by atoms with E-state index < -0.39 is 0 Å². The molecule has 0 unspecified atom stereocenters. The Kier molecular flexibility index (Phi) is 10.4. The van der Waals surface area contributed by atoms with Crippen LogP contribution in [0, 0.1) is 0 Å². The second-order valence-corrected chi connectivity index (χ2v) is 8.10. The topological polar surface area (TPSA) is 26.0 Å². The van der Waals surface area contributed by atoms with E-state index in [1.165, 1.54) is 63.5 Å². The van der Waals surface area contributed by atoms with Crippen LogP contribution in [0.25, 0.3) is 0 Å². The summed E-state index contributed by atoms with van der Waals surface area (Å²) < 4.78 is 0. The third kappa shape index (κ3) is 9.96. The third-order valence-corrected chi connectivity index (χ3v) is 4.64. The minimum Gasteiger partial charge on any atom is -0.325 e. The van der Waals surface area contributed by atoms with E-state index in [9.17, 15) is 0 Å². The van der Waals surface area contributed by atoms with Crippen LogP contribution in [0.4, 0.5) is 0 Å². The van der Waals surface area contributed by atoms with Crippen molar-refractivity contribution in [1.29, 1.82) is 0 Å². The van der Waals surface area contributed by atoms with E-state index in [2.05, 4.69) is 26.4 Å². The lowest BCUT2D eigenvalue weighted by atomic mass is 9.84. The fourth-order valence-electron chi connectivity index (χ4n) is 2.30. The summed E-state index contributed by atoms with van der Waals surface area (Å²) in [5, 5.41) is 0. The van der Waals surface area contributed by atoms with Gasteiger partial charge in [-0.05, 0) is 43.0 Å². The van der Waals surface area contributed by atoms with Gasteiger partial charge in [-0.15, -0.1) is 0 Å². The molecule has 0 aliphatic rings. The summed E-state index contributed by atoms with van der Waals surface area (Å²) in [5.41, 5.74) is 6.73. The number of nitrogens with two attached hydrogens (primary N) is 1. The van der Waals surface area contributed by atoms with Gasteiger partial charge in [0.2, 0.25) is 0 Å². The quantitative estimate of drug-likeness (QED) is 0.439. The van der Waals surface area contributed by atoms with Crippen LogP contribution < -0.4 is 5.73 Å². The highest BCUT2D eigenvalue weighted by atomic mass is 32.2. The largest absolute Gasteiger partial charge is 0.325 e. The van der Waals surface area contributed by atoms with Gasteiger partial charge in [0.05, 0.1) is 12.5 Å². The average molecular weight is 261 g/mol. The molecule has 0 aliphatic carbocycles. The standard InChI is InChI=1S/C15H34NS/c1-5-7-11-15(16,12-8-6-2)13-9-10-14-17(3)4/h5-14,16H2,1-4H3/q+1. The number of rotatable bonds is 11. The zero-order valence-corrected chi connectivity index (χ0v) is 13.4. The van der Waals surface area contributed by atoms with Crippen LogP contribution in [-0.2, 0) is 10.9 Å². The molecule has 1 nitrogen and oxygen atoms in total. The van der Waals surface area contributed by atoms with Gasteiger partial charge in [-0.3, -0.25) is 0 Å². The van der Waals surface area contributed by atoms with E-state index in [1.54, 1.807) is 0 Å². The molecule has 17 heavy (non-hydrogen) atoms. The molecule has 0 aliphatic heterocycles. The van der Waals surface area contributed by atoms with E-state index >= 15 is 0 Å². The van der Waals surface area contributed by atoms with Crippen molar-refractivity contribution in [3.8, 4) is 0 Å². The predicted molar refractivity (Wildman–Crippen MR) is 83.9 cm³/mol. The zero-order chi connectivity index (χ0) is 13.1. The Hall–Kier alpha value is 0.310. The molecule has 0 spiro atoms. The van der Waals surface area contributed by atoms with Gasteiger partial charge in [0.1, 0.15) is 5.75 Å². The van der Waals surface area contributed by atoms with Crippen LogP contribution >= 0.6 is 0 Å². The predicted octanol–water partition coefficient (Wildman–Crippen LogP) is 4.11. The molecule has 0 radical (unpaired) electrons. The molecular formula is C15H34NS+. The van der Waals surface area contributed by atoms with Crippen molar-refractivity contribution >= 4 is 10.9 Å². The molecule has 0 aromatic heterocycles. The van der Waals surface area contributed by atoms with Gasteiger partial charge >= 0.3 is 0 Å². The van der Waals surface area contributed by atoms with Gasteiger partial charge in [-0.25, -0.2) is 0 Å². The number of unbranched alkanes of at least 4 members (excludes halogenated alkanes) is 3. The highest BCUT2D eigenvalue weighted by molar-refractivity contribution is 7.95. The van der Waals surface area contributed by atoms with Gasteiger partial charge in [0.25, 0.3) is 0 Å². The Labute approximate surface area is 112 Å². The van der Waals surface area contributed by atoms with E-state index in [-0.39, 0.29) is 5.54 Å². The molecule has 0 amide bonds. The van der Waals surface area contributed by atoms with Gasteiger partial charge in [-0.2, -0.15) is 0 Å². The lowest BCUT2D eigenvalue weighted by molar-refractivity contribution is 0.313. The maximum absolute atomic E-state index is 6.59. The minimum atomic E-state index is 0.145. The van der Waals surface area contributed by atoms with Gasteiger partial charge in [0, 0.05) is 5.54 Å². The molecule has 0 aromatic rings. The van der Waals surface area contributed by atoms with E-state index in [1.807, 2.05) is 0 Å². The highest BCUT2D eigenvalue weighted by Gasteiger charge is 2.23. The Morgan fingerprint density at radius 3 is 1.71 bits per heavy atom. The van der Waals surface area contributed by atoms with Crippen LogP contribution in [0.3, 0.4) is 0 Å². The van der Waals surface area contributed by atoms with Gasteiger partial charge in [0.15, 0.2) is 0 Å². The third-order valence-electron chi connectivity index (χ3n) is 3.53. The van der Waals surface area contributed by atoms with Crippen molar-refractivity contribution < 1.29 is 0 Å². The Morgan fingerprint density at radius 2 is 1.29 bits per heavy atom. The van der Waals surface area contributed by atoms with Crippen molar-refractivity contribution in [2.75, 3.05) is 18.3 Å². The molecular weight excluding hydrogens is 226 g/mol. The SMILES string of the molecule is CCCCC(N)(CCCC)CCCC[S+](C)C. The van der Waals surface area contributed by atoms with E-state index in [0.717, 1.165) is 0 Å². The molecule has 104 valence electrons. The van der Waals surface area contributed by atoms with Crippen molar-refractivity contribution in [2.45, 2.75) is 77.2 Å². The minimum absolute atomic E-state index is 0.145. The Bertz CT molecular complexity index is 160. The zero-order valence-electron chi connectivity index (χ0n) is 12.6. The average Bonchev–Trinajstić information content (AvgIpc) is 2.30. The van der Waals surface area contributed by atoms with Crippen LogP contribution in [-0.4, -0.2) is 23.8 Å². The Balaban J connectivity index is 3.90. The summed E-state index contributed by atoms with van der Waals surface area (Å²) in [6.07, 6.45) is 16.2. The van der Waals surface area contributed by atoms with E-state index in [4.69, 9.17) is 5.73 Å². The van der Waals surface area contributed by atoms with Gasteiger partial charge < -0.3 is 5.73 Å². The molecule has 2 heteroatoms. The smallest absolute Gasteiger partial charge is 0.107 e. The summed E-state index contributed by atoms with van der Waals surface area (Å²) in [6.45, 7) is 4.53. The van der Waals surface area contributed by atoms with Crippen LogP contribution in [0.1, 0.15) is 71.6 Å². The van der Waals surface area contributed by atoms with Crippen LogP contribution in [0.5, 0.6) is 0 Å². The molecule has 0 saturated heterocycles. The monoisotopic (exact) mass is 260 g/mol. The Morgan fingerprint density at radius 1 is 0.824 bits per heavy atom. The van der Waals surface area contributed by atoms with Crippen molar-refractivity contribution in [1.82, 2.24) is 0 Å². The summed E-state index contributed by atoms with van der Waals surface area (Å²) in [5.74, 6) is 1.39. The van der Waals surface area contributed by atoms with Gasteiger partial charge in [-0.1, -0.05) is 39.5 Å². The lowest BCUT2D eigenvalue weighted by Gasteiger charge is -2.29. The highest BCUT2D eigenvalue weighted by Crippen LogP contribution is 2.24. The first-order valence-electron chi connectivity index (χ1n) is 7.37. The normalized spacial score (nSPS) is 12.4. The molecule has 0 bridgehead atoms. The first kappa shape index (κ1) is 17.3. The fourth-order valence-corrected chi connectivity index (χ4v) is 3.08. The maximum Gasteiger partial charge on any atom is 0.107 e. The summed E-state index contributed by atoms with van der Waals surface area (Å²) in [4.78, 5) is 0. The molecule has 0 rings (SSSR count). The molecule has 0 atom stereocenters. The first-order valence-corrected chi connectivity index (χ1v) is 9.58. The van der Waals surface area contributed by atoms with Crippen LogP contribution in [0.2, 0.25) is 0 Å². The van der Waals surface area contributed by atoms with E-state index in [0.29, 0.717) is 10.9 Å². The molecule has 0 saturated carbocycles. The summed E-state index contributed by atoms with van der Waals surface area (Å²) in [6, 6.07) is 0. The maximum atomic E-state index is 6.59. The molecule has 2 N–H and O–H groups in total. The van der Waals surface area contributed by atoms with Crippen LogP contribution in [0.15, 0.2) is 0 Å². The van der Waals surface area contributed by atoms with Crippen molar-refractivity contribution in [3.63, 3.8) is 0 Å². The second-order valence-electron chi connectivity index (χ2n) is 5.72. The van der Waals surface area contributed by atoms with Crippen molar-refractivity contribution in [3.05, 3.63) is 0 Å². The number of hydrogen-bond donors (Lipinski definition) is 1. The second kappa shape index (κ2) is 10.3. The lowest BCUT2D eigenvalue weighted by Crippen LogP contribution is -2.39. The fraction of sp³-hybridized carbons (Fsp3) is 1.00. The molecule has 0 heterocycles. The molecule has 0 fully saturated rings. The van der Waals surface area contributed by atoms with Crippen molar-refractivity contribution in [2.24, 2.45) is 5.73 Å². The molecule has 0 aromatic carbocycles. The first-order chi connectivity index (χ1) is 8.04. The summed E-state index contributed by atoms with van der Waals surface area (Å²) in [7, 11) is 0.605. The number of hydrogen-bond acceptors (Lipinski definition) is 1. The summed E-state index contributed by atoms with van der Waals surface area (Å²) >= 11 is 0.